The Hall–Kier alpha value is -0.200. The van der Waals surface area contributed by atoms with Crippen LogP contribution < -0.4 is 5.32 Å². The predicted molar refractivity (Wildman–Crippen MR) is 91.8 cm³/mol. The minimum absolute atomic E-state index is 0.431. The lowest BCUT2D eigenvalue weighted by Crippen LogP contribution is -2.21. The summed E-state index contributed by atoms with van der Waals surface area (Å²) in [5.41, 5.74) is 0. The molecule has 0 saturated carbocycles. The highest BCUT2D eigenvalue weighted by molar-refractivity contribution is 9.11. The zero-order valence-corrected chi connectivity index (χ0v) is 14.5. The highest BCUT2D eigenvalue weighted by Crippen LogP contribution is 2.35. The first-order valence-electron chi connectivity index (χ1n) is 6.21. The Kier molecular flexibility index (Phi) is 4.39. The van der Waals surface area contributed by atoms with E-state index < -0.39 is 0 Å². The van der Waals surface area contributed by atoms with Crippen LogP contribution in [0.15, 0.2) is 33.4 Å². The zero-order valence-electron chi connectivity index (χ0n) is 10.5. The van der Waals surface area contributed by atoms with Crippen molar-refractivity contribution < 1.29 is 0 Å². The number of fused-ring (bicyclic) bond motifs is 1. The van der Waals surface area contributed by atoms with Crippen molar-refractivity contribution >= 4 is 59.3 Å². The van der Waals surface area contributed by atoms with Crippen LogP contribution in [0.4, 0.5) is 0 Å². The molecule has 5 heteroatoms. The number of hydrogen-bond acceptors (Lipinski definition) is 4. The molecule has 100 valence electrons. The normalized spacial score (nSPS) is 13.2. The van der Waals surface area contributed by atoms with Crippen molar-refractivity contribution in [3.05, 3.63) is 43.2 Å². The van der Waals surface area contributed by atoms with Gasteiger partial charge in [0.2, 0.25) is 0 Å². The van der Waals surface area contributed by atoms with E-state index in [0.717, 1.165) is 13.0 Å². The van der Waals surface area contributed by atoms with Crippen molar-refractivity contribution in [2.24, 2.45) is 0 Å². The average Bonchev–Trinajstić information content (AvgIpc) is 3.03. The van der Waals surface area contributed by atoms with Gasteiger partial charge < -0.3 is 5.32 Å². The van der Waals surface area contributed by atoms with Gasteiger partial charge in [0.15, 0.2) is 0 Å². The molecule has 3 heterocycles. The highest BCUT2D eigenvalue weighted by Gasteiger charge is 2.15. The maximum absolute atomic E-state index is 3.61. The summed E-state index contributed by atoms with van der Waals surface area (Å²) >= 11 is 9.12. The van der Waals surface area contributed by atoms with Crippen LogP contribution in [0, 0.1) is 0 Å². The largest absolute Gasteiger partial charge is 0.309 e. The summed E-state index contributed by atoms with van der Waals surface area (Å²) < 4.78 is 4.04. The van der Waals surface area contributed by atoms with Crippen LogP contribution >= 0.6 is 49.9 Å². The Morgan fingerprint density at radius 2 is 2.11 bits per heavy atom. The average molecular weight is 372 g/mol. The van der Waals surface area contributed by atoms with Crippen molar-refractivity contribution in [1.82, 2.24) is 5.32 Å². The minimum atomic E-state index is 0.431. The maximum Gasteiger partial charge on any atom is 0.0701 e. The van der Waals surface area contributed by atoms with Gasteiger partial charge in [0.1, 0.15) is 0 Å². The Bertz CT molecular complexity index is 638. The number of halogens is 1. The molecular formula is C14H14BrNS3. The summed E-state index contributed by atoms with van der Waals surface area (Å²) in [6.45, 7) is 3.18. The first-order valence-corrected chi connectivity index (χ1v) is 9.51. The van der Waals surface area contributed by atoms with E-state index in [1.165, 1.54) is 22.9 Å². The lowest BCUT2D eigenvalue weighted by Gasteiger charge is -2.15. The van der Waals surface area contributed by atoms with Crippen LogP contribution in [-0.4, -0.2) is 6.54 Å². The van der Waals surface area contributed by atoms with Gasteiger partial charge in [-0.1, -0.05) is 6.92 Å². The van der Waals surface area contributed by atoms with E-state index in [2.05, 4.69) is 57.8 Å². The van der Waals surface area contributed by atoms with E-state index in [0.29, 0.717) is 6.04 Å². The Morgan fingerprint density at radius 3 is 2.79 bits per heavy atom. The summed E-state index contributed by atoms with van der Waals surface area (Å²) in [5.74, 6) is 0. The molecule has 0 aromatic carbocycles. The molecule has 0 aliphatic rings. The summed E-state index contributed by atoms with van der Waals surface area (Å²) in [4.78, 5) is 2.88. The van der Waals surface area contributed by atoms with Crippen molar-refractivity contribution in [1.29, 1.82) is 0 Å². The number of rotatable bonds is 5. The van der Waals surface area contributed by atoms with Crippen LogP contribution in [0.1, 0.15) is 22.7 Å². The topological polar surface area (TPSA) is 12.0 Å². The molecule has 1 atom stereocenters. The maximum atomic E-state index is 3.61. The molecule has 19 heavy (non-hydrogen) atoms. The van der Waals surface area contributed by atoms with Gasteiger partial charge in [-0.15, -0.1) is 34.0 Å². The highest BCUT2D eigenvalue weighted by atomic mass is 79.9. The van der Waals surface area contributed by atoms with Gasteiger partial charge in [-0.2, -0.15) is 0 Å². The fourth-order valence-corrected chi connectivity index (χ4v) is 5.86. The molecule has 0 radical (unpaired) electrons. The van der Waals surface area contributed by atoms with Gasteiger partial charge in [-0.3, -0.25) is 0 Å². The van der Waals surface area contributed by atoms with E-state index in [1.807, 2.05) is 34.0 Å². The molecule has 1 N–H and O–H groups in total. The summed E-state index contributed by atoms with van der Waals surface area (Å²) in [7, 11) is 0. The standard InChI is InChI=1S/C14H14BrNS3/c1-2-16-10(7-9-3-4-14(15)18-9)12-8-13-11(19-12)5-6-17-13/h3-6,8,10,16H,2,7H2,1H3. The van der Waals surface area contributed by atoms with Crippen LogP contribution in [0.2, 0.25) is 0 Å². The lowest BCUT2D eigenvalue weighted by atomic mass is 10.1. The lowest BCUT2D eigenvalue weighted by molar-refractivity contribution is 0.562. The van der Waals surface area contributed by atoms with Gasteiger partial charge in [0.25, 0.3) is 0 Å². The summed E-state index contributed by atoms with van der Waals surface area (Å²) in [6.07, 6.45) is 1.07. The molecule has 0 amide bonds. The van der Waals surface area contributed by atoms with Crippen LogP contribution in [0.3, 0.4) is 0 Å². The second kappa shape index (κ2) is 6.06. The molecule has 3 aromatic rings. The van der Waals surface area contributed by atoms with Crippen molar-refractivity contribution in [3.8, 4) is 0 Å². The van der Waals surface area contributed by atoms with Gasteiger partial charge in [0, 0.05) is 31.6 Å². The third-order valence-electron chi connectivity index (χ3n) is 2.99. The van der Waals surface area contributed by atoms with E-state index in [9.17, 15) is 0 Å². The first kappa shape index (κ1) is 13.8. The molecule has 0 aliphatic heterocycles. The fourth-order valence-electron chi connectivity index (χ4n) is 2.14. The monoisotopic (exact) mass is 371 g/mol. The molecule has 1 nitrogen and oxygen atoms in total. The smallest absolute Gasteiger partial charge is 0.0701 e. The fraction of sp³-hybridized carbons (Fsp3) is 0.286. The molecule has 3 rings (SSSR count). The van der Waals surface area contributed by atoms with Gasteiger partial charge in [-0.25, -0.2) is 0 Å². The van der Waals surface area contributed by atoms with Gasteiger partial charge >= 0.3 is 0 Å². The molecule has 0 bridgehead atoms. The van der Waals surface area contributed by atoms with E-state index in [4.69, 9.17) is 0 Å². The Morgan fingerprint density at radius 1 is 1.21 bits per heavy atom. The van der Waals surface area contributed by atoms with E-state index >= 15 is 0 Å². The molecule has 0 aliphatic carbocycles. The van der Waals surface area contributed by atoms with Gasteiger partial charge in [0.05, 0.1) is 3.79 Å². The van der Waals surface area contributed by atoms with Crippen molar-refractivity contribution in [3.63, 3.8) is 0 Å². The Balaban J connectivity index is 1.85. The third kappa shape index (κ3) is 3.11. The number of likely N-dealkylation sites (N-methyl/N-ethyl adjacent to an activating group) is 1. The second-order valence-corrected chi connectivity index (χ2v) is 8.93. The zero-order chi connectivity index (χ0) is 13.2. The Labute approximate surface area is 133 Å². The quantitative estimate of drug-likeness (QED) is 0.608. The molecule has 0 spiro atoms. The summed E-state index contributed by atoms with van der Waals surface area (Å²) in [6, 6.07) is 9.35. The molecule has 1 unspecified atom stereocenters. The molecule has 0 fully saturated rings. The van der Waals surface area contributed by atoms with E-state index in [1.54, 1.807) is 0 Å². The molecule has 0 saturated heterocycles. The SMILES string of the molecule is CCNC(Cc1ccc(Br)s1)c1cc2sccc2s1. The number of hydrogen-bond donors (Lipinski definition) is 1. The first-order chi connectivity index (χ1) is 9.26. The molecule has 3 aromatic heterocycles. The third-order valence-corrected chi connectivity index (χ3v) is 6.84. The predicted octanol–water partition coefficient (Wildman–Crippen LogP) is 5.68. The number of thiophene rings is 3. The number of nitrogens with one attached hydrogen (secondary N) is 1. The summed E-state index contributed by atoms with van der Waals surface area (Å²) in [5, 5.41) is 5.78. The van der Waals surface area contributed by atoms with Crippen LogP contribution in [-0.2, 0) is 6.42 Å². The van der Waals surface area contributed by atoms with Crippen LogP contribution in [0.25, 0.3) is 9.40 Å². The minimum Gasteiger partial charge on any atom is -0.309 e. The van der Waals surface area contributed by atoms with Crippen molar-refractivity contribution in [2.45, 2.75) is 19.4 Å². The van der Waals surface area contributed by atoms with Crippen molar-refractivity contribution in [2.75, 3.05) is 6.54 Å². The van der Waals surface area contributed by atoms with E-state index in [-0.39, 0.29) is 0 Å². The molecular weight excluding hydrogens is 358 g/mol. The van der Waals surface area contributed by atoms with Crippen LogP contribution in [0.5, 0.6) is 0 Å². The second-order valence-electron chi connectivity index (χ2n) is 4.32. The van der Waals surface area contributed by atoms with Gasteiger partial charge in [-0.05, 0) is 52.1 Å².